The van der Waals surface area contributed by atoms with E-state index in [0.29, 0.717) is 11.0 Å². The van der Waals surface area contributed by atoms with Gasteiger partial charge < -0.3 is 21.6 Å². The molecule has 0 aliphatic rings. The summed E-state index contributed by atoms with van der Waals surface area (Å²) in [6, 6.07) is 10.1. The van der Waals surface area contributed by atoms with Crippen LogP contribution in [-0.2, 0) is 9.53 Å². The molecule has 1 aromatic rings. The number of rotatable bonds is 6. The molecule has 0 amide bonds. The van der Waals surface area contributed by atoms with Gasteiger partial charge in [0, 0.05) is 0 Å². The van der Waals surface area contributed by atoms with Crippen LogP contribution in [-0.4, -0.2) is 44.2 Å². The number of carbonyl (C=O) groups is 1. The Kier molecular flexibility index (Phi) is 8.38. The molecule has 108 valence electrons. The van der Waals surface area contributed by atoms with Crippen LogP contribution in [0.3, 0.4) is 0 Å². The van der Waals surface area contributed by atoms with E-state index in [2.05, 4.69) is 12.0 Å². The third kappa shape index (κ3) is 7.63. The molecule has 0 unspecified atom stereocenters. The summed E-state index contributed by atoms with van der Waals surface area (Å²) in [5.74, 6) is 2.02. The van der Waals surface area contributed by atoms with Gasteiger partial charge in [-0.15, -0.1) is 6.42 Å². The van der Waals surface area contributed by atoms with Crippen LogP contribution < -0.4 is 12.4 Å². The van der Waals surface area contributed by atoms with Gasteiger partial charge in [-0.1, -0.05) is 42.3 Å². The number of likely N-dealkylation sites (N-methyl/N-ethyl adjacent to an activating group) is 1. The van der Waals surface area contributed by atoms with Crippen molar-refractivity contribution < 1.29 is 26.4 Å². The van der Waals surface area contributed by atoms with Gasteiger partial charge in [-0.2, -0.15) is 0 Å². The van der Waals surface area contributed by atoms with Gasteiger partial charge in [0.2, 0.25) is 0 Å². The molecule has 0 bridgehead atoms. The third-order valence-corrected chi connectivity index (χ3v) is 2.58. The lowest BCUT2D eigenvalue weighted by atomic mass is 10.2. The average Bonchev–Trinajstić information content (AvgIpc) is 2.37. The number of terminal acetylenes is 1. The summed E-state index contributed by atoms with van der Waals surface area (Å²) in [6.07, 6.45) is 9.15. The molecule has 0 aromatic heterocycles. The second-order valence-corrected chi connectivity index (χ2v) is 4.95. The zero-order valence-electron chi connectivity index (χ0n) is 11.9. The van der Waals surface area contributed by atoms with E-state index < -0.39 is 0 Å². The Morgan fingerprint density at radius 1 is 1.35 bits per heavy atom. The molecule has 20 heavy (non-hydrogen) atoms. The van der Waals surface area contributed by atoms with Gasteiger partial charge in [0.25, 0.3) is 0 Å². The molecule has 1 aromatic carbocycles. The Hall–Kier alpha value is -1.76. The highest BCUT2D eigenvalue weighted by molar-refractivity contribution is 5.70. The number of hydrogen-bond donors (Lipinski definition) is 0. The topological polar surface area (TPSA) is 26.3 Å². The fourth-order valence-electron chi connectivity index (χ4n) is 1.62. The SMILES string of the molecule is C#CCOC(=O)C[N+](C)(C)C/C=C/c1ccccc1.[Cl-]. The molecule has 0 aliphatic carbocycles. The van der Waals surface area contributed by atoms with Crippen LogP contribution in [0.4, 0.5) is 0 Å². The highest BCUT2D eigenvalue weighted by atomic mass is 35.5. The summed E-state index contributed by atoms with van der Waals surface area (Å²) in [4.78, 5) is 11.5. The molecule has 0 heterocycles. The normalized spacial score (nSPS) is 10.7. The zero-order chi connectivity index (χ0) is 14.1. The van der Waals surface area contributed by atoms with E-state index in [1.54, 1.807) is 0 Å². The lowest BCUT2D eigenvalue weighted by molar-refractivity contribution is -0.877. The van der Waals surface area contributed by atoms with Crippen molar-refractivity contribution in [1.82, 2.24) is 0 Å². The Balaban J connectivity index is 0.00000361. The number of esters is 1. The van der Waals surface area contributed by atoms with Crippen LogP contribution in [0.1, 0.15) is 5.56 Å². The quantitative estimate of drug-likeness (QED) is 0.380. The first-order chi connectivity index (χ1) is 9.03. The fourth-order valence-corrected chi connectivity index (χ4v) is 1.62. The maximum Gasteiger partial charge on any atom is 0.362 e. The summed E-state index contributed by atoms with van der Waals surface area (Å²) in [5, 5.41) is 0. The van der Waals surface area contributed by atoms with E-state index in [1.165, 1.54) is 0 Å². The predicted molar refractivity (Wildman–Crippen MR) is 77.1 cm³/mol. The number of quaternary nitrogens is 1. The molecule has 0 aliphatic heterocycles. The van der Waals surface area contributed by atoms with E-state index in [9.17, 15) is 4.79 Å². The monoisotopic (exact) mass is 293 g/mol. The Labute approximate surface area is 127 Å². The van der Waals surface area contributed by atoms with Crippen molar-refractivity contribution >= 4 is 12.0 Å². The smallest absolute Gasteiger partial charge is 0.362 e. The van der Waals surface area contributed by atoms with Crippen LogP contribution in [0.25, 0.3) is 6.08 Å². The molecule has 4 heteroatoms. The van der Waals surface area contributed by atoms with E-state index >= 15 is 0 Å². The lowest BCUT2D eigenvalue weighted by Gasteiger charge is -2.26. The highest BCUT2D eigenvalue weighted by Gasteiger charge is 2.19. The van der Waals surface area contributed by atoms with Gasteiger partial charge in [-0.3, -0.25) is 0 Å². The van der Waals surface area contributed by atoms with Gasteiger partial charge in [0.1, 0.15) is 0 Å². The average molecular weight is 294 g/mol. The number of hydrogen-bond acceptors (Lipinski definition) is 2. The van der Waals surface area contributed by atoms with E-state index in [1.807, 2.05) is 50.5 Å². The molecule has 0 saturated heterocycles. The summed E-state index contributed by atoms with van der Waals surface area (Å²) in [7, 11) is 3.96. The summed E-state index contributed by atoms with van der Waals surface area (Å²) in [6.45, 7) is 1.10. The van der Waals surface area contributed by atoms with Crippen LogP contribution in [0.15, 0.2) is 36.4 Å². The minimum Gasteiger partial charge on any atom is -1.00 e. The highest BCUT2D eigenvalue weighted by Crippen LogP contribution is 2.04. The molecular weight excluding hydrogens is 274 g/mol. The molecule has 0 radical (unpaired) electrons. The van der Waals surface area contributed by atoms with E-state index in [0.717, 1.165) is 12.1 Å². The molecule has 0 N–H and O–H groups in total. The Bertz CT molecular complexity index is 475. The first kappa shape index (κ1) is 18.2. The second-order valence-electron chi connectivity index (χ2n) is 4.95. The van der Waals surface area contributed by atoms with Crippen LogP contribution in [0.5, 0.6) is 0 Å². The largest absolute Gasteiger partial charge is 1.00 e. The third-order valence-electron chi connectivity index (χ3n) is 2.58. The van der Waals surface area contributed by atoms with Crippen molar-refractivity contribution in [3.8, 4) is 12.3 Å². The van der Waals surface area contributed by atoms with Gasteiger partial charge in [0.15, 0.2) is 13.2 Å². The number of ether oxygens (including phenoxy) is 1. The predicted octanol–water partition coefficient (Wildman–Crippen LogP) is -1.04. The van der Waals surface area contributed by atoms with E-state index in [-0.39, 0.29) is 25.0 Å². The van der Waals surface area contributed by atoms with Gasteiger partial charge in [-0.05, 0) is 11.6 Å². The van der Waals surface area contributed by atoms with Crippen LogP contribution >= 0.6 is 0 Å². The fraction of sp³-hybridized carbons (Fsp3) is 0.312. The molecule has 1 rings (SSSR count). The molecule has 0 fully saturated rings. The van der Waals surface area contributed by atoms with Crippen molar-refractivity contribution in [2.75, 3.05) is 33.8 Å². The molecule has 0 atom stereocenters. The first-order valence-electron chi connectivity index (χ1n) is 6.16. The van der Waals surface area contributed by atoms with Crippen molar-refractivity contribution in [1.29, 1.82) is 0 Å². The van der Waals surface area contributed by atoms with E-state index in [4.69, 9.17) is 11.2 Å². The summed E-state index contributed by atoms with van der Waals surface area (Å²) in [5.41, 5.74) is 1.15. The van der Waals surface area contributed by atoms with Gasteiger partial charge >= 0.3 is 5.97 Å². The number of halogens is 1. The van der Waals surface area contributed by atoms with Crippen molar-refractivity contribution in [2.24, 2.45) is 0 Å². The first-order valence-corrected chi connectivity index (χ1v) is 6.16. The molecular formula is C16H20ClNO2. The summed E-state index contributed by atoms with van der Waals surface area (Å²) >= 11 is 0. The zero-order valence-corrected chi connectivity index (χ0v) is 12.6. The molecule has 3 nitrogen and oxygen atoms in total. The van der Waals surface area contributed by atoms with Crippen molar-refractivity contribution in [3.05, 3.63) is 42.0 Å². The maximum atomic E-state index is 11.5. The van der Waals surface area contributed by atoms with Gasteiger partial charge in [0.05, 0.1) is 20.6 Å². The van der Waals surface area contributed by atoms with Crippen molar-refractivity contribution in [2.45, 2.75) is 0 Å². The maximum absolute atomic E-state index is 11.5. The summed E-state index contributed by atoms with van der Waals surface area (Å²) < 4.78 is 5.41. The van der Waals surface area contributed by atoms with Crippen LogP contribution in [0, 0.1) is 12.3 Å². The van der Waals surface area contributed by atoms with Crippen molar-refractivity contribution in [3.63, 3.8) is 0 Å². The molecule has 0 saturated carbocycles. The van der Waals surface area contributed by atoms with Gasteiger partial charge in [-0.25, -0.2) is 4.79 Å². The lowest BCUT2D eigenvalue weighted by Crippen LogP contribution is -3.00. The standard InChI is InChI=1S/C16H20NO2.ClH/c1-4-13-19-16(18)14-17(2,3)12-8-11-15-9-6-5-7-10-15;/h1,5-11H,12-14H2,2-3H3;1H/q+1;/p-1/b11-8+;. The Morgan fingerprint density at radius 2 is 2.00 bits per heavy atom. The number of carbonyl (C=O) groups excluding carboxylic acids is 1. The Morgan fingerprint density at radius 3 is 2.60 bits per heavy atom. The minimum absolute atomic E-state index is 0. The van der Waals surface area contributed by atoms with Crippen LogP contribution in [0.2, 0.25) is 0 Å². The minimum atomic E-state index is -0.268. The number of benzene rings is 1. The molecule has 0 spiro atoms. The number of nitrogens with zero attached hydrogens (tertiary/aromatic N) is 1. The second kappa shape index (κ2) is 9.19.